The van der Waals surface area contributed by atoms with Crippen molar-refractivity contribution in [2.45, 2.75) is 0 Å². The Labute approximate surface area is 271 Å². The summed E-state index contributed by atoms with van der Waals surface area (Å²) >= 11 is 0. The molecular formula is H27B4KNa2O24P2-2. The molecule has 24 nitrogen and oxygen atoms in total. The third kappa shape index (κ3) is 31.6. The molecule has 24 N–H and O–H groups in total. The molecule has 2 heterocycles. The fraction of sp³-hybridized carbons (Fsp3) is 0. The van der Waals surface area contributed by atoms with Gasteiger partial charge in [-0.2, -0.15) is 4.31 Å². The van der Waals surface area contributed by atoms with Gasteiger partial charge in [0, 0.05) is 0 Å². The molecule has 0 saturated carbocycles. The monoisotopic (exact) mass is 602 g/mol. The number of hydrogen-bond acceptors (Lipinski definition) is 12. The third-order valence-electron chi connectivity index (χ3n) is 1.71. The molecule has 33 heteroatoms. The topological polar surface area (TPSA) is 503 Å². The summed E-state index contributed by atoms with van der Waals surface area (Å²) in [5.41, 5.74) is 0. The Morgan fingerprint density at radius 3 is 0.909 bits per heavy atom. The van der Waals surface area contributed by atoms with E-state index >= 15 is 0 Å². The van der Waals surface area contributed by atoms with E-state index < -0.39 is 44.2 Å². The van der Waals surface area contributed by atoms with E-state index in [-0.39, 0.29) is 154 Å². The molecule has 0 aromatic heterocycles. The molecule has 0 atom stereocenters. The van der Waals surface area contributed by atoms with Crippen LogP contribution >= 0.6 is 15.6 Å². The summed E-state index contributed by atoms with van der Waals surface area (Å²) in [4.78, 5) is 31.0. The molecule has 0 aliphatic carbocycles. The Bertz CT molecular complexity index is 443. The predicted molar refractivity (Wildman–Crippen MR) is 113 cm³/mol. The van der Waals surface area contributed by atoms with Gasteiger partial charge in [0.15, 0.2) is 0 Å². The van der Waals surface area contributed by atoms with Gasteiger partial charge in [-0.3, -0.25) is 0 Å². The quantitative estimate of drug-likeness (QED) is 0.107. The molecule has 2 aliphatic heterocycles. The SMILES string of the molecule is O.O.O.O.O.O.O.O.O=P(O)(O)OP(=O)(O)O.OB1O[B-]2(O)OB(O)O[B-](O)(O1)O2.[KH].[NaH].[NaH]. The first-order valence-electron chi connectivity index (χ1n) is 4.92. The van der Waals surface area contributed by atoms with Crippen molar-refractivity contribution in [3.05, 3.63) is 0 Å². The summed E-state index contributed by atoms with van der Waals surface area (Å²) in [5.74, 6) is 0. The van der Waals surface area contributed by atoms with Gasteiger partial charge in [0.05, 0.1) is 0 Å². The van der Waals surface area contributed by atoms with Crippen LogP contribution in [0.1, 0.15) is 0 Å². The third-order valence-corrected chi connectivity index (χ3v) is 3.41. The van der Waals surface area contributed by atoms with Gasteiger partial charge in [0.2, 0.25) is 0 Å². The van der Waals surface area contributed by atoms with Gasteiger partial charge < -0.3 is 106 Å². The second kappa shape index (κ2) is 27.1. The molecule has 2 bridgehead atoms. The molecule has 2 aliphatic rings. The molecule has 0 spiro atoms. The summed E-state index contributed by atoms with van der Waals surface area (Å²) in [5, 5.41) is 35.9. The molecule has 2 saturated heterocycles. The number of rotatable bonds is 2. The normalized spacial score (nSPS) is 21.6. The molecular weight excluding hydrogens is 574 g/mol. The molecule has 0 radical (unpaired) electrons. The summed E-state index contributed by atoms with van der Waals surface area (Å²) in [6, 6.07) is 0. The van der Waals surface area contributed by atoms with Crippen LogP contribution in [0.2, 0.25) is 0 Å². The van der Waals surface area contributed by atoms with Crippen LogP contribution in [-0.4, -0.2) is 223 Å². The first-order chi connectivity index (χ1) is 9.62. The molecule has 198 valence electrons. The summed E-state index contributed by atoms with van der Waals surface area (Å²) < 4.78 is 43.3. The maximum absolute atomic E-state index is 9.63. The van der Waals surface area contributed by atoms with Crippen molar-refractivity contribution in [1.29, 1.82) is 0 Å². The van der Waals surface area contributed by atoms with E-state index in [9.17, 15) is 19.2 Å². The van der Waals surface area contributed by atoms with Gasteiger partial charge in [0.25, 0.3) is 0 Å². The van der Waals surface area contributed by atoms with Gasteiger partial charge in [-0.05, 0) is 0 Å². The number of fused-ring (bicyclic) bond motifs is 2. The van der Waals surface area contributed by atoms with Gasteiger partial charge >= 0.3 is 155 Å². The van der Waals surface area contributed by atoms with E-state index in [0.717, 1.165) is 0 Å². The van der Waals surface area contributed by atoms with Crippen molar-refractivity contribution < 1.29 is 120 Å². The molecule has 0 aromatic carbocycles. The van der Waals surface area contributed by atoms with Crippen molar-refractivity contribution in [3.63, 3.8) is 0 Å². The average Bonchev–Trinajstić information content (AvgIpc) is 2.03. The second-order valence-electron chi connectivity index (χ2n) is 3.57. The Balaban J connectivity index is -0.0000000253. The van der Waals surface area contributed by atoms with Gasteiger partial charge in [-0.25, -0.2) is 9.13 Å². The predicted octanol–water partition coefficient (Wildman–Crippen LogP) is -13.4. The van der Waals surface area contributed by atoms with Crippen molar-refractivity contribution in [2.24, 2.45) is 0 Å². The van der Waals surface area contributed by atoms with Crippen molar-refractivity contribution in [1.82, 2.24) is 0 Å². The van der Waals surface area contributed by atoms with Crippen molar-refractivity contribution >= 4 is 155 Å². The van der Waals surface area contributed by atoms with Crippen LogP contribution < -0.4 is 0 Å². The first-order valence-corrected chi connectivity index (χ1v) is 7.98. The van der Waals surface area contributed by atoms with E-state index in [4.69, 9.17) is 29.6 Å². The van der Waals surface area contributed by atoms with Crippen LogP contribution in [0.3, 0.4) is 0 Å². The number of phosphoric acid groups is 2. The van der Waals surface area contributed by atoms with E-state index in [2.05, 4.69) is 27.2 Å². The molecule has 33 heavy (non-hydrogen) atoms. The van der Waals surface area contributed by atoms with Crippen LogP contribution in [0.5, 0.6) is 0 Å². The Morgan fingerprint density at radius 1 is 0.606 bits per heavy atom. The van der Waals surface area contributed by atoms with Gasteiger partial charge in [-0.1, -0.05) is 0 Å². The number of hydrogen-bond donors (Lipinski definition) is 8. The molecule has 0 aromatic rings. The zero-order chi connectivity index (χ0) is 17.4. The summed E-state index contributed by atoms with van der Waals surface area (Å²) in [7, 11) is -14.0. The zero-order valence-corrected chi connectivity index (χ0v) is 15.8. The fourth-order valence-corrected chi connectivity index (χ4v) is 2.31. The molecule has 0 amide bonds. The fourth-order valence-electron chi connectivity index (χ4n) is 1.20. The van der Waals surface area contributed by atoms with Crippen LogP contribution in [0.25, 0.3) is 0 Å². The van der Waals surface area contributed by atoms with Gasteiger partial charge in [-0.15, -0.1) is 0 Å². The Kier molecular flexibility index (Phi) is 58.0. The molecule has 2 rings (SSSR count). The maximum atomic E-state index is 9.63. The Hall–Kier alpha value is 3.48. The van der Waals surface area contributed by atoms with E-state index in [0.29, 0.717) is 0 Å². The van der Waals surface area contributed by atoms with Crippen LogP contribution in [-0.2, 0) is 36.3 Å². The van der Waals surface area contributed by atoms with E-state index in [1.807, 2.05) is 0 Å². The van der Waals surface area contributed by atoms with E-state index in [1.165, 1.54) is 0 Å². The van der Waals surface area contributed by atoms with E-state index in [1.54, 1.807) is 0 Å². The van der Waals surface area contributed by atoms with Crippen molar-refractivity contribution in [2.75, 3.05) is 0 Å². The first kappa shape index (κ1) is 70.7. The molecule has 0 unspecified atom stereocenters. The average molecular weight is 601 g/mol. The zero-order valence-electron chi connectivity index (χ0n) is 14.0. The van der Waals surface area contributed by atoms with Crippen LogP contribution in [0.15, 0.2) is 0 Å². The summed E-state index contributed by atoms with van der Waals surface area (Å²) in [6.07, 6.45) is 0. The minimum atomic E-state index is -5.05. The molecule has 2 fully saturated rings. The van der Waals surface area contributed by atoms with Crippen LogP contribution in [0, 0.1) is 0 Å². The summed E-state index contributed by atoms with van der Waals surface area (Å²) in [6.45, 7) is -6.90. The standard InChI is InChI=1S/B4H4O9.K.2Na.H4O7P2.8H2O.3H/c5-1-9-3(7)11-2(6)12-4(8,10-1)13-3;;;;1-8(2,3)7-9(4,5)6;;;;;;;;;;;/h5-8H;;;;(H2,1,2,3)(H2,4,5,6);8*1H2;;;/q-2;;;;;;;;;;;;;;;. The van der Waals surface area contributed by atoms with Gasteiger partial charge in [0.1, 0.15) is 0 Å². The second-order valence-corrected chi connectivity index (χ2v) is 6.18. The minimum absolute atomic E-state index is 0. The Morgan fingerprint density at radius 2 is 0.788 bits per heavy atom. The van der Waals surface area contributed by atoms with Crippen LogP contribution in [0.4, 0.5) is 0 Å². The van der Waals surface area contributed by atoms with Crippen molar-refractivity contribution in [3.8, 4) is 0 Å².